The van der Waals surface area contributed by atoms with Crippen LogP contribution in [0, 0.1) is 0 Å². The molecule has 0 unspecified atom stereocenters. The molecule has 2 aromatic carbocycles. The Hall–Kier alpha value is -2.66. The Labute approximate surface area is 195 Å². The summed E-state index contributed by atoms with van der Waals surface area (Å²) in [5.41, 5.74) is 0.849. The maximum absolute atomic E-state index is 13.1. The van der Waals surface area contributed by atoms with Gasteiger partial charge in [0.25, 0.3) is 0 Å². The highest BCUT2D eigenvalue weighted by molar-refractivity contribution is 7.99. The SMILES string of the molecule is C=CCSc1nnc([C@@H](Cc2ccccc2)NS(=O)(=O)c2ccc(Cl)cc2)n1CC(=O)O. The van der Waals surface area contributed by atoms with Gasteiger partial charge < -0.3 is 5.11 Å². The number of halogens is 1. The molecule has 0 aliphatic heterocycles. The van der Waals surface area contributed by atoms with Gasteiger partial charge in [0, 0.05) is 10.8 Å². The summed E-state index contributed by atoms with van der Waals surface area (Å²) in [6, 6.07) is 14.2. The van der Waals surface area contributed by atoms with Crippen molar-refractivity contribution in [1.82, 2.24) is 19.5 Å². The van der Waals surface area contributed by atoms with E-state index >= 15 is 0 Å². The van der Waals surface area contributed by atoms with E-state index in [9.17, 15) is 18.3 Å². The fourth-order valence-electron chi connectivity index (χ4n) is 2.99. The Morgan fingerprint density at radius 3 is 2.50 bits per heavy atom. The van der Waals surface area contributed by atoms with Crippen LogP contribution in [0.2, 0.25) is 5.02 Å². The number of carboxylic acids is 1. The lowest BCUT2D eigenvalue weighted by Gasteiger charge is -2.19. The summed E-state index contributed by atoms with van der Waals surface area (Å²) >= 11 is 7.15. The van der Waals surface area contributed by atoms with Crippen LogP contribution < -0.4 is 4.72 Å². The van der Waals surface area contributed by atoms with Gasteiger partial charge in [-0.3, -0.25) is 9.36 Å². The first-order valence-electron chi connectivity index (χ1n) is 9.50. The summed E-state index contributed by atoms with van der Waals surface area (Å²) in [6.45, 7) is 3.25. The summed E-state index contributed by atoms with van der Waals surface area (Å²) in [5.74, 6) is -0.386. The van der Waals surface area contributed by atoms with E-state index in [-0.39, 0.29) is 17.1 Å². The van der Waals surface area contributed by atoms with Crippen molar-refractivity contribution in [3.63, 3.8) is 0 Å². The summed E-state index contributed by atoms with van der Waals surface area (Å²) in [7, 11) is -3.96. The molecular weight excluding hydrogens is 472 g/mol. The lowest BCUT2D eigenvalue weighted by Crippen LogP contribution is -2.32. The number of nitrogens with one attached hydrogen (secondary N) is 1. The molecule has 11 heteroatoms. The zero-order chi connectivity index (χ0) is 23.1. The predicted octanol–water partition coefficient (Wildman–Crippen LogP) is 3.56. The normalized spacial score (nSPS) is 12.4. The van der Waals surface area contributed by atoms with E-state index in [1.54, 1.807) is 6.08 Å². The van der Waals surface area contributed by atoms with Crippen LogP contribution in [0.4, 0.5) is 0 Å². The van der Waals surface area contributed by atoms with Gasteiger partial charge in [0.15, 0.2) is 11.0 Å². The smallest absolute Gasteiger partial charge is 0.323 e. The zero-order valence-corrected chi connectivity index (χ0v) is 19.3. The van der Waals surface area contributed by atoms with Crippen molar-refractivity contribution in [2.75, 3.05) is 5.75 Å². The van der Waals surface area contributed by atoms with E-state index in [0.717, 1.165) is 5.56 Å². The van der Waals surface area contributed by atoms with Crippen molar-refractivity contribution in [1.29, 1.82) is 0 Å². The molecule has 0 bridgehead atoms. The number of rotatable bonds is 11. The van der Waals surface area contributed by atoms with Gasteiger partial charge in [0.1, 0.15) is 6.54 Å². The number of aromatic nitrogens is 3. The highest BCUT2D eigenvalue weighted by Crippen LogP contribution is 2.25. The van der Waals surface area contributed by atoms with Crippen LogP contribution in [0.15, 0.2) is 77.3 Å². The van der Waals surface area contributed by atoms with E-state index in [1.807, 2.05) is 30.3 Å². The summed E-state index contributed by atoms with van der Waals surface area (Å²) in [4.78, 5) is 11.5. The van der Waals surface area contributed by atoms with Crippen molar-refractivity contribution < 1.29 is 18.3 Å². The molecule has 1 atom stereocenters. The van der Waals surface area contributed by atoms with Gasteiger partial charge in [-0.05, 0) is 36.2 Å². The fourth-order valence-corrected chi connectivity index (χ4v) is 4.99. The maximum atomic E-state index is 13.1. The number of carbonyl (C=O) groups is 1. The van der Waals surface area contributed by atoms with Gasteiger partial charge in [-0.1, -0.05) is 59.8 Å². The van der Waals surface area contributed by atoms with Crippen LogP contribution >= 0.6 is 23.4 Å². The van der Waals surface area contributed by atoms with Crippen LogP contribution in [0.3, 0.4) is 0 Å². The van der Waals surface area contributed by atoms with Gasteiger partial charge in [0.05, 0.1) is 10.9 Å². The number of benzene rings is 2. The molecule has 0 aliphatic carbocycles. The highest BCUT2D eigenvalue weighted by Gasteiger charge is 2.28. The van der Waals surface area contributed by atoms with E-state index in [4.69, 9.17) is 11.6 Å². The van der Waals surface area contributed by atoms with Gasteiger partial charge >= 0.3 is 5.97 Å². The topological polar surface area (TPSA) is 114 Å². The second-order valence-electron chi connectivity index (χ2n) is 6.74. The molecule has 1 aromatic heterocycles. The van der Waals surface area contributed by atoms with Gasteiger partial charge in [0.2, 0.25) is 10.0 Å². The number of aliphatic carboxylic acids is 1. The van der Waals surface area contributed by atoms with Crippen LogP contribution in [0.1, 0.15) is 17.4 Å². The van der Waals surface area contributed by atoms with Crippen LogP contribution in [-0.4, -0.2) is 40.0 Å². The molecule has 168 valence electrons. The Morgan fingerprint density at radius 2 is 1.88 bits per heavy atom. The molecule has 3 aromatic rings. The molecule has 0 aliphatic rings. The average molecular weight is 493 g/mol. The molecule has 0 saturated heterocycles. The number of nitrogens with zero attached hydrogens (tertiary/aromatic N) is 3. The monoisotopic (exact) mass is 492 g/mol. The molecule has 0 amide bonds. The van der Waals surface area contributed by atoms with E-state index in [0.29, 0.717) is 15.9 Å². The third kappa shape index (κ3) is 6.19. The number of hydrogen-bond donors (Lipinski definition) is 2. The largest absolute Gasteiger partial charge is 0.480 e. The lowest BCUT2D eigenvalue weighted by atomic mass is 10.1. The number of hydrogen-bond acceptors (Lipinski definition) is 6. The van der Waals surface area contributed by atoms with Crippen molar-refractivity contribution in [2.24, 2.45) is 0 Å². The number of carboxylic acid groups (broad SMARTS) is 1. The molecule has 32 heavy (non-hydrogen) atoms. The van der Waals surface area contributed by atoms with Crippen LogP contribution in [-0.2, 0) is 27.8 Å². The number of sulfonamides is 1. The molecule has 0 fully saturated rings. The van der Waals surface area contributed by atoms with E-state index in [2.05, 4.69) is 21.5 Å². The van der Waals surface area contributed by atoms with Crippen molar-refractivity contribution >= 4 is 39.4 Å². The molecule has 2 N–H and O–H groups in total. The first-order chi connectivity index (χ1) is 15.3. The minimum absolute atomic E-state index is 0.0329. The molecule has 0 spiro atoms. The predicted molar refractivity (Wildman–Crippen MR) is 123 cm³/mol. The van der Waals surface area contributed by atoms with E-state index in [1.165, 1.54) is 40.6 Å². The first kappa shape index (κ1) is 24.0. The van der Waals surface area contributed by atoms with Crippen molar-refractivity contribution in [3.8, 4) is 0 Å². The Balaban J connectivity index is 2.03. The van der Waals surface area contributed by atoms with Crippen molar-refractivity contribution in [3.05, 3.63) is 83.7 Å². The molecule has 0 saturated carbocycles. The third-order valence-corrected chi connectivity index (χ3v) is 7.09. The molecule has 8 nitrogen and oxygen atoms in total. The lowest BCUT2D eigenvalue weighted by molar-refractivity contribution is -0.137. The van der Waals surface area contributed by atoms with E-state index < -0.39 is 28.6 Å². The summed E-state index contributed by atoms with van der Waals surface area (Å²) in [5, 5.41) is 18.4. The average Bonchev–Trinajstić information content (AvgIpc) is 3.14. The molecule has 0 radical (unpaired) electrons. The van der Waals surface area contributed by atoms with Gasteiger partial charge in [-0.15, -0.1) is 16.8 Å². The Morgan fingerprint density at radius 1 is 1.19 bits per heavy atom. The quantitative estimate of drug-likeness (QED) is 0.310. The minimum atomic E-state index is -3.96. The first-order valence-corrected chi connectivity index (χ1v) is 12.3. The zero-order valence-electron chi connectivity index (χ0n) is 16.9. The maximum Gasteiger partial charge on any atom is 0.323 e. The minimum Gasteiger partial charge on any atom is -0.480 e. The Bertz CT molecular complexity index is 1180. The summed E-state index contributed by atoms with van der Waals surface area (Å²) in [6.07, 6.45) is 1.91. The molecule has 1 heterocycles. The molecule has 3 rings (SSSR count). The van der Waals surface area contributed by atoms with Crippen LogP contribution in [0.5, 0.6) is 0 Å². The second kappa shape index (κ2) is 10.8. The summed E-state index contributed by atoms with van der Waals surface area (Å²) < 4.78 is 30.2. The van der Waals surface area contributed by atoms with Gasteiger partial charge in [-0.25, -0.2) is 13.1 Å². The molecular formula is C21H21ClN4O4S2. The highest BCUT2D eigenvalue weighted by atomic mass is 35.5. The third-order valence-electron chi connectivity index (χ3n) is 4.38. The van der Waals surface area contributed by atoms with Crippen LogP contribution in [0.25, 0.3) is 0 Å². The van der Waals surface area contributed by atoms with Gasteiger partial charge in [-0.2, -0.15) is 0 Å². The van der Waals surface area contributed by atoms with Crippen molar-refractivity contribution in [2.45, 2.75) is 29.1 Å². The number of thioether (sulfide) groups is 1. The fraction of sp³-hybridized carbons (Fsp3) is 0.190. The Kier molecular flexibility index (Phi) is 8.08. The second-order valence-corrected chi connectivity index (χ2v) is 9.88. The standard InChI is InChI=1S/C21H21ClN4O4S2/c1-2-12-31-21-24-23-20(26(21)14-19(27)28)18(13-15-6-4-3-5-7-15)25-32(29,30)17-10-8-16(22)9-11-17/h2-11,18,25H,1,12-14H2,(H,27,28)/t18-/m1/s1.